The Labute approximate surface area is 194 Å². The zero-order chi connectivity index (χ0) is 23.7. The molecule has 166 valence electrons. The lowest BCUT2D eigenvalue weighted by molar-refractivity contribution is 0.100. The van der Waals surface area contributed by atoms with Gasteiger partial charge in [0.05, 0.1) is 16.8 Å². The summed E-state index contributed by atoms with van der Waals surface area (Å²) in [5, 5.41) is 23.5. The number of primary amides is 1. The van der Waals surface area contributed by atoms with Gasteiger partial charge in [-0.1, -0.05) is 24.3 Å². The van der Waals surface area contributed by atoms with Crippen molar-refractivity contribution in [3.63, 3.8) is 0 Å². The van der Waals surface area contributed by atoms with Crippen LogP contribution in [0.3, 0.4) is 0 Å². The molecule has 8 nitrogen and oxygen atoms in total. The highest BCUT2D eigenvalue weighted by Gasteiger charge is 2.15. The molecule has 1 amide bonds. The SMILES string of the molecule is NC(=O)c1ccccc1Nc1nc(-c2cccnc2)nc2ccc(-c3ccc(O)c(O)c3)cc12. The highest BCUT2D eigenvalue weighted by Crippen LogP contribution is 2.34. The number of rotatable bonds is 5. The summed E-state index contributed by atoms with van der Waals surface area (Å²) in [5.74, 6) is -0.0276. The van der Waals surface area contributed by atoms with E-state index in [-0.39, 0.29) is 11.5 Å². The van der Waals surface area contributed by atoms with Crippen molar-refractivity contribution in [1.29, 1.82) is 0 Å². The molecule has 2 heterocycles. The number of aromatic nitrogens is 3. The van der Waals surface area contributed by atoms with Gasteiger partial charge >= 0.3 is 0 Å². The molecule has 0 saturated heterocycles. The lowest BCUT2D eigenvalue weighted by Gasteiger charge is -2.14. The van der Waals surface area contributed by atoms with E-state index in [1.807, 2.05) is 24.3 Å². The summed E-state index contributed by atoms with van der Waals surface area (Å²) >= 11 is 0. The molecule has 0 fully saturated rings. The van der Waals surface area contributed by atoms with Crippen molar-refractivity contribution in [3.8, 4) is 34.0 Å². The number of pyridine rings is 1. The maximum absolute atomic E-state index is 12.0. The number of nitrogens with one attached hydrogen (secondary N) is 1. The molecule has 5 aromatic rings. The second-order valence-electron chi connectivity index (χ2n) is 7.61. The van der Waals surface area contributed by atoms with Crippen molar-refractivity contribution < 1.29 is 15.0 Å². The number of carbonyl (C=O) groups is 1. The third kappa shape index (κ3) is 3.95. The summed E-state index contributed by atoms with van der Waals surface area (Å²) < 4.78 is 0. The highest BCUT2D eigenvalue weighted by molar-refractivity contribution is 6.01. The number of hydrogen-bond acceptors (Lipinski definition) is 7. The topological polar surface area (TPSA) is 134 Å². The summed E-state index contributed by atoms with van der Waals surface area (Å²) in [5.41, 5.74) is 9.30. The predicted molar refractivity (Wildman–Crippen MR) is 130 cm³/mol. The van der Waals surface area contributed by atoms with Crippen LogP contribution in [0.5, 0.6) is 11.5 Å². The molecule has 0 aliphatic rings. The Morgan fingerprint density at radius 2 is 1.62 bits per heavy atom. The number of para-hydroxylation sites is 1. The average molecular weight is 449 g/mol. The van der Waals surface area contributed by atoms with E-state index in [4.69, 9.17) is 15.7 Å². The van der Waals surface area contributed by atoms with Crippen molar-refractivity contribution in [2.24, 2.45) is 5.73 Å². The van der Waals surface area contributed by atoms with Gasteiger partial charge < -0.3 is 21.3 Å². The minimum absolute atomic E-state index is 0.195. The number of hydrogen-bond donors (Lipinski definition) is 4. The number of phenolic OH excluding ortho intramolecular Hbond substituents is 2. The molecule has 0 unspecified atom stereocenters. The third-order valence-corrected chi connectivity index (χ3v) is 5.37. The molecule has 3 aromatic carbocycles. The van der Waals surface area contributed by atoms with Crippen molar-refractivity contribution in [3.05, 3.63) is 90.8 Å². The first-order chi connectivity index (χ1) is 16.5. The Hall–Kier alpha value is -4.98. The quantitative estimate of drug-likeness (QED) is 0.288. The molecule has 0 bridgehead atoms. The van der Waals surface area contributed by atoms with Crippen LogP contribution in [0.25, 0.3) is 33.4 Å². The Bertz CT molecular complexity index is 1540. The Morgan fingerprint density at radius 1 is 0.824 bits per heavy atom. The first kappa shape index (κ1) is 20.9. The van der Waals surface area contributed by atoms with Crippen molar-refractivity contribution >= 4 is 28.3 Å². The molecular formula is C26H19N5O3. The second-order valence-corrected chi connectivity index (χ2v) is 7.61. The van der Waals surface area contributed by atoms with Gasteiger partial charge in [0.25, 0.3) is 5.91 Å². The molecule has 8 heteroatoms. The van der Waals surface area contributed by atoms with Crippen LogP contribution in [0.1, 0.15) is 10.4 Å². The van der Waals surface area contributed by atoms with Gasteiger partial charge in [0.2, 0.25) is 0 Å². The lowest BCUT2D eigenvalue weighted by atomic mass is 10.0. The molecule has 0 atom stereocenters. The highest BCUT2D eigenvalue weighted by atomic mass is 16.3. The standard InChI is InChI=1S/C26H19N5O3/c27-24(34)18-5-1-2-6-20(18)30-26-19-12-15(16-8-10-22(32)23(33)13-16)7-9-21(19)29-25(31-26)17-4-3-11-28-14-17/h1-14,32-33H,(H2,27,34)(H,29,30,31). The van der Waals surface area contributed by atoms with E-state index in [1.165, 1.54) is 12.1 Å². The molecular weight excluding hydrogens is 430 g/mol. The lowest BCUT2D eigenvalue weighted by Crippen LogP contribution is -2.13. The van der Waals surface area contributed by atoms with Gasteiger partial charge in [0.15, 0.2) is 17.3 Å². The fourth-order valence-electron chi connectivity index (χ4n) is 3.66. The van der Waals surface area contributed by atoms with E-state index in [1.54, 1.807) is 48.8 Å². The fourth-order valence-corrected chi connectivity index (χ4v) is 3.66. The van der Waals surface area contributed by atoms with Crippen LogP contribution in [0.2, 0.25) is 0 Å². The fraction of sp³-hybridized carbons (Fsp3) is 0. The molecule has 0 aliphatic carbocycles. The minimum atomic E-state index is -0.561. The first-order valence-electron chi connectivity index (χ1n) is 10.4. The Balaban J connectivity index is 1.70. The second kappa shape index (κ2) is 8.51. The number of phenols is 2. The molecule has 0 radical (unpaired) electrons. The van der Waals surface area contributed by atoms with Gasteiger partial charge in [-0.3, -0.25) is 9.78 Å². The maximum Gasteiger partial charge on any atom is 0.250 e. The molecule has 34 heavy (non-hydrogen) atoms. The van der Waals surface area contributed by atoms with E-state index in [9.17, 15) is 15.0 Å². The van der Waals surface area contributed by atoms with Crippen molar-refractivity contribution in [2.45, 2.75) is 0 Å². The number of nitrogens with two attached hydrogens (primary N) is 1. The van der Waals surface area contributed by atoms with Gasteiger partial charge in [-0.25, -0.2) is 9.97 Å². The number of anilines is 2. The number of amides is 1. The van der Waals surface area contributed by atoms with Crippen LogP contribution in [0, 0.1) is 0 Å². The number of nitrogens with zero attached hydrogens (tertiary/aromatic N) is 3. The molecule has 0 saturated carbocycles. The monoisotopic (exact) mass is 449 g/mol. The normalized spacial score (nSPS) is 10.8. The summed E-state index contributed by atoms with van der Waals surface area (Å²) in [4.78, 5) is 25.5. The molecule has 5 rings (SSSR count). The van der Waals surface area contributed by atoms with Crippen LogP contribution >= 0.6 is 0 Å². The summed E-state index contributed by atoms with van der Waals surface area (Å²) in [6.45, 7) is 0. The average Bonchev–Trinajstić information content (AvgIpc) is 2.86. The number of aromatic hydroxyl groups is 2. The van der Waals surface area contributed by atoms with Gasteiger partial charge in [0.1, 0.15) is 5.82 Å². The van der Waals surface area contributed by atoms with Crippen LogP contribution in [-0.4, -0.2) is 31.1 Å². The Kier molecular flexibility index (Phi) is 5.23. The van der Waals surface area contributed by atoms with E-state index >= 15 is 0 Å². The maximum atomic E-state index is 12.0. The van der Waals surface area contributed by atoms with E-state index < -0.39 is 5.91 Å². The number of fused-ring (bicyclic) bond motifs is 1. The summed E-state index contributed by atoms with van der Waals surface area (Å²) in [7, 11) is 0. The van der Waals surface area contributed by atoms with Crippen molar-refractivity contribution in [2.75, 3.05) is 5.32 Å². The van der Waals surface area contributed by atoms with Crippen LogP contribution in [0.4, 0.5) is 11.5 Å². The molecule has 0 aliphatic heterocycles. The van der Waals surface area contributed by atoms with Gasteiger partial charge in [-0.2, -0.15) is 0 Å². The van der Waals surface area contributed by atoms with Gasteiger partial charge in [-0.05, 0) is 59.7 Å². The summed E-state index contributed by atoms with van der Waals surface area (Å²) in [6, 6.07) is 20.8. The first-order valence-corrected chi connectivity index (χ1v) is 10.4. The third-order valence-electron chi connectivity index (χ3n) is 5.37. The number of carbonyl (C=O) groups excluding carboxylic acids is 1. The van der Waals surface area contributed by atoms with E-state index in [2.05, 4.69) is 10.3 Å². The smallest absolute Gasteiger partial charge is 0.250 e. The molecule has 2 aromatic heterocycles. The largest absolute Gasteiger partial charge is 0.504 e. The summed E-state index contributed by atoms with van der Waals surface area (Å²) in [6.07, 6.45) is 3.35. The van der Waals surface area contributed by atoms with Crippen LogP contribution in [0.15, 0.2) is 85.2 Å². The zero-order valence-corrected chi connectivity index (χ0v) is 17.8. The minimum Gasteiger partial charge on any atom is -0.504 e. The van der Waals surface area contributed by atoms with Gasteiger partial charge in [0, 0.05) is 23.3 Å². The van der Waals surface area contributed by atoms with Crippen LogP contribution in [-0.2, 0) is 0 Å². The van der Waals surface area contributed by atoms with Crippen LogP contribution < -0.4 is 11.1 Å². The molecule has 5 N–H and O–H groups in total. The van der Waals surface area contributed by atoms with E-state index in [0.717, 1.165) is 11.1 Å². The predicted octanol–water partition coefficient (Wildman–Crippen LogP) is 4.61. The van der Waals surface area contributed by atoms with Crippen molar-refractivity contribution in [1.82, 2.24) is 15.0 Å². The zero-order valence-electron chi connectivity index (χ0n) is 17.8. The Morgan fingerprint density at radius 3 is 2.38 bits per heavy atom. The van der Waals surface area contributed by atoms with E-state index in [0.29, 0.717) is 39.4 Å². The molecule has 0 spiro atoms. The van der Waals surface area contributed by atoms with Gasteiger partial charge in [-0.15, -0.1) is 0 Å². The number of benzene rings is 3.